The first kappa shape index (κ1) is 41.6. The van der Waals surface area contributed by atoms with Gasteiger partial charge in [-0.05, 0) is 130 Å². The molecular weight excluding hydrogens is 845 g/mol. The summed E-state index contributed by atoms with van der Waals surface area (Å²) in [4.78, 5) is 5.59. The second-order valence-corrected chi connectivity index (χ2v) is 19.5. The van der Waals surface area contributed by atoms with Gasteiger partial charge in [0, 0.05) is 16.7 Å². The molecule has 1 aliphatic heterocycles. The minimum Gasteiger partial charge on any atom is -0.340 e. The smallest absolute Gasteiger partial charge is 0.133 e. The predicted molar refractivity (Wildman–Crippen MR) is 291 cm³/mol. The Morgan fingerprint density at radius 1 is 0.343 bits per heavy atom. The second kappa shape index (κ2) is 16.6. The molecule has 0 radical (unpaired) electrons. The van der Waals surface area contributed by atoms with Gasteiger partial charge in [-0.3, -0.25) is 4.99 Å². The molecule has 0 amide bonds. The number of nitrogens with one attached hydrogen (secondary N) is 1. The summed E-state index contributed by atoms with van der Waals surface area (Å²) in [5.41, 5.74) is 23.8. The molecule has 1 spiro atoms. The standard InChI is InChI=1S/C68H50N2/c1-67(2)58-29-15-17-31-60(58)68(61-32-18-16-30-59(61)67)57-39-38-51(47-34-36-48(37-35-47)54-41-52(45-20-7-3-8-21-45)40-53(42-54)46-22-9-4-10-23-46)43-56(57)65-55(28-19-33-62(65)68)64-44-63(49-24-11-5-12-25-49)69-66(70-64)50-26-13-6-14-27-50/h3-44,64H,1-2H3,(H,69,70). The van der Waals surface area contributed by atoms with Crippen molar-refractivity contribution in [3.05, 3.63) is 305 Å². The van der Waals surface area contributed by atoms with Crippen LogP contribution in [-0.4, -0.2) is 5.84 Å². The van der Waals surface area contributed by atoms with E-state index in [1.807, 2.05) is 0 Å². The fourth-order valence-electron chi connectivity index (χ4n) is 11.9. The third-order valence-corrected chi connectivity index (χ3v) is 15.2. The van der Waals surface area contributed by atoms with E-state index in [1.54, 1.807) is 0 Å². The van der Waals surface area contributed by atoms with Gasteiger partial charge in [0.2, 0.25) is 0 Å². The highest BCUT2D eigenvalue weighted by Gasteiger charge is 2.54. The van der Waals surface area contributed by atoms with E-state index in [2.05, 4.69) is 274 Å². The summed E-state index contributed by atoms with van der Waals surface area (Å²) in [5, 5.41) is 3.75. The van der Waals surface area contributed by atoms with Crippen LogP contribution in [0, 0.1) is 0 Å². The lowest BCUT2D eigenvalue weighted by atomic mass is 9.55. The SMILES string of the molecule is CC1(C)c2ccccc2C2(c3ccc(-c4ccc(-c5cc(-c6ccccc6)cc(-c6ccccc6)c5)cc4)cc3-c3c(C4C=C(c5ccccc5)NC(c5ccccc5)=N4)cccc32)c2ccccc21. The number of hydrogen-bond donors (Lipinski definition) is 1. The number of amidine groups is 1. The first-order chi connectivity index (χ1) is 34.4. The second-order valence-electron chi connectivity index (χ2n) is 19.5. The van der Waals surface area contributed by atoms with Gasteiger partial charge in [0.1, 0.15) is 5.84 Å². The first-order valence-corrected chi connectivity index (χ1v) is 24.5. The molecule has 1 heterocycles. The van der Waals surface area contributed by atoms with Gasteiger partial charge in [-0.1, -0.05) is 238 Å². The van der Waals surface area contributed by atoms with Crippen molar-refractivity contribution in [3.8, 4) is 55.6 Å². The number of rotatable bonds is 7. The lowest BCUT2D eigenvalue weighted by Gasteiger charge is -2.46. The van der Waals surface area contributed by atoms with Crippen LogP contribution in [0.3, 0.4) is 0 Å². The molecule has 1 atom stereocenters. The van der Waals surface area contributed by atoms with Crippen LogP contribution in [-0.2, 0) is 10.8 Å². The fraction of sp³-hybridized carbons (Fsp3) is 0.0735. The van der Waals surface area contributed by atoms with E-state index in [0.29, 0.717) is 0 Å². The summed E-state index contributed by atoms with van der Waals surface area (Å²) in [6.45, 7) is 4.78. The van der Waals surface area contributed by atoms with Crippen molar-refractivity contribution in [1.82, 2.24) is 5.32 Å². The number of nitrogens with zero attached hydrogens (tertiary/aromatic N) is 1. The van der Waals surface area contributed by atoms with E-state index in [1.165, 1.54) is 94.6 Å². The molecule has 2 aliphatic carbocycles. The predicted octanol–water partition coefficient (Wildman–Crippen LogP) is 16.5. The Kier molecular flexibility index (Phi) is 9.85. The van der Waals surface area contributed by atoms with Gasteiger partial charge in [0.05, 0.1) is 11.5 Å². The molecule has 13 rings (SSSR count). The fourth-order valence-corrected chi connectivity index (χ4v) is 11.9. The summed E-state index contributed by atoms with van der Waals surface area (Å²) >= 11 is 0. The van der Waals surface area contributed by atoms with Crippen LogP contribution < -0.4 is 5.32 Å². The average molecular weight is 895 g/mol. The van der Waals surface area contributed by atoms with Gasteiger partial charge in [0.25, 0.3) is 0 Å². The minimum absolute atomic E-state index is 0.194. The molecule has 2 heteroatoms. The zero-order chi connectivity index (χ0) is 46.8. The summed E-state index contributed by atoms with van der Waals surface area (Å²) in [6, 6.07) is 91.2. The van der Waals surface area contributed by atoms with Crippen molar-refractivity contribution >= 4 is 11.5 Å². The quantitative estimate of drug-likeness (QED) is 0.169. The van der Waals surface area contributed by atoms with E-state index in [-0.39, 0.29) is 11.5 Å². The van der Waals surface area contributed by atoms with Crippen molar-refractivity contribution < 1.29 is 0 Å². The molecule has 0 bridgehead atoms. The Labute approximate surface area is 411 Å². The lowest BCUT2D eigenvalue weighted by Crippen LogP contribution is -2.40. The molecule has 70 heavy (non-hydrogen) atoms. The van der Waals surface area contributed by atoms with E-state index in [9.17, 15) is 0 Å². The van der Waals surface area contributed by atoms with E-state index < -0.39 is 5.41 Å². The van der Waals surface area contributed by atoms with Gasteiger partial charge in [0.15, 0.2) is 0 Å². The maximum absolute atomic E-state index is 5.59. The zero-order valence-electron chi connectivity index (χ0n) is 39.3. The molecule has 332 valence electrons. The van der Waals surface area contributed by atoms with Gasteiger partial charge < -0.3 is 5.32 Å². The molecule has 0 saturated carbocycles. The molecule has 1 N–H and O–H groups in total. The highest BCUT2D eigenvalue weighted by atomic mass is 15.0. The van der Waals surface area contributed by atoms with Crippen LogP contribution >= 0.6 is 0 Å². The Morgan fingerprint density at radius 3 is 1.31 bits per heavy atom. The largest absolute Gasteiger partial charge is 0.340 e. The van der Waals surface area contributed by atoms with Crippen molar-refractivity contribution in [2.45, 2.75) is 30.7 Å². The maximum atomic E-state index is 5.59. The minimum atomic E-state index is -0.545. The summed E-state index contributed by atoms with van der Waals surface area (Å²) in [7, 11) is 0. The number of fused-ring (bicyclic) bond motifs is 9. The molecule has 3 aliphatic rings. The van der Waals surface area contributed by atoms with Crippen LogP contribution in [0.4, 0.5) is 0 Å². The van der Waals surface area contributed by atoms with E-state index >= 15 is 0 Å². The zero-order valence-corrected chi connectivity index (χ0v) is 39.3. The monoisotopic (exact) mass is 894 g/mol. The van der Waals surface area contributed by atoms with Crippen LogP contribution in [0.15, 0.2) is 260 Å². The maximum Gasteiger partial charge on any atom is 0.133 e. The molecule has 2 nitrogen and oxygen atoms in total. The average Bonchev–Trinajstić information content (AvgIpc) is 3.73. The molecule has 10 aromatic carbocycles. The van der Waals surface area contributed by atoms with Gasteiger partial charge >= 0.3 is 0 Å². The molecule has 10 aromatic rings. The Morgan fingerprint density at radius 2 is 0.771 bits per heavy atom. The number of aliphatic imine (C=N–C) groups is 1. The van der Waals surface area contributed by atoms with Crippen LogP contribution in [0.2, 0.25) is 0 Å². The topological polar surface area (TPSA) is 24.4 Å². The van der Waals surface area contributed by atoms with E-state index in [0.717, 1.165) is 22.7 Å². The highest BCUT2D eigenvalue weighted by molar-refractivity contribution is 6.05. The normalized spacial score (nSPS) is 15.7. The van der Waals surface area contributed by atoms with Gasteiger partial charge in [-0.25, -0.2) is 0 Å². The van der Waals surface area contributed by atoms with E-state index in [4.69, 9.17) is 4.99 Å². The van der Waals surface area contributed by atoms with Crippen LogP contribution in [0.5, 0.6) is 0 Å². The molecule has 0 fully saturated rings. The van der Waals surface area contributed by atoms with Crippen molar-refractivity contribution in [2.75, 3.05) is 0 Å². The number of benzene rings is 10. The third kappa shape index (κ3) is 6.66. The lowest BCUT2D eigenvalue weighted by molar-refractivity contribution is 0.563. The third-order valence-electron chi connectivity index (χ3n) is 15.2. The Bertz CT molecular complexity index is 3520. The summed E-state index contributed by atoms with van der Waals surface area (Å²) in [5.74, 6) is 0.867. The van der Waals surface area contributed by atoms with Crippen molar-refractivity contribution in [2.24, 2.45) is 4.99 Å². The first-order valence-electron chi connectivity index (χ1n) is 24.5. The molecular formula is C68H50N2. The van der Waals surface area contributed by atoms with Crippen molar-refractivity contribution in [1.29, 1.82) is 0 Å². The summed E-state index contributed by atoms with van der Waals surface area (Å²) in [6.07, 6.45) is 2.33. The van der Waals surface area contributed by atoms with Gasteiger partial charge in [-0.15, -0.1) is 0 Å². The summed E-state index contributed by atoms with van der Waals surface area (Å²) < 4.78 is 0. The Hall–Kier alpha value is -8.59. The number of hydrogen-bond acceptors (Lipinski definition) is 2. The molecule has 0 saturated heterocycles. The Balaban J connectivity index is 1.01. The molecule has 1 unspecified atom stereocenters. The van der Waals surface area contributed by atoms with Gasteiger partial charge in [-0.2, -0.15) is 0 Å². The van der Waals surface area contributed by atoms with Crippen molar-refractivity contribution in [3.63, 3.8) is 0 Å². The van der Waals surface area contributed by atoms with Crippen LogP contribution in [0.25, 0.3) is 61.3 Å². The molecule has 0 aromatic heterocycles. The van der Waals surface area contributed by atoms with Crippen LogP contribution in [0.1, 0.15) is 70.0 Å². The highest BCUT2D eigenvalue weighted by Crippen LogP contribution is 2.63.